The van der Waals surface area contributed by atoms with E-state index in [-0.39, 0.29) is 22.9 Å². The summed E-state index contributed by atoms with van der Waals surface area (Å²) in [4.78, 5) is 11.8. The van der Waals surface area contributed by atoms with Crippen LogP contribution >= 0.6 is 0 Å². The first kappa shape index (κ1) is 21.5. The summed E-state index contributed by atoms with van der Waals surface area (Å²) in [6.07, 6.45) is 0. The molecule has 0 aliphatic carbocycles. The number of urea groups is 1. The molecule has 0 aliphatic heterocycles. The van der Waals surface area contributed by atoms with Crippen LogP contribution in [-0.4, -0.2) is 42.3 Å². The van der Waals surface area contributed by atoms with Crippen molar-refractivity contribution in [3.05, 3.63) is 48.5 Å². The summed E-state index contributed by atoms with van der Waals surface area (Å²) in [5.41, 5.74) is 0.615. The molecule has 0 saturated heterocycles. The third-order valence-electron chi connectivity index (χ3n) is 3.47. The molecule has 0 aliphatic rings. The number of methoxy groups -OCH3 is 1. The molecule has 152 valence electrons. The number of carbonyl (C=O) groups is 1. The molecular weight excluding hydrogens is 408 g/mol. The van der Waals surface area contributed by atoms with Gasteiger partial charge in [0.1, 0.15) is 5.75 Å². The highest BCUT2D eigenvalue weighted by molar-refractivity contribution is 7.92. The van der Waals surface area contributed by atoms with Crippen LogP contribution in [0.2, 0.25) is 0 Å². The van der Waals surface area contributed by atoms with Crippen LogP contribution in [0.1, 0.15) is 0 Å². The van der Waals surface area contributed by atoms with E-state index in [1.807, 2.05) is 0 Å². The van der Waals surface area contributed by atoms with Crippen molar-refractivity contribution in [3.63, 3.8) is 0 Å². The van der Waals surface area contributed by atoms with E-state index in [1.165, 1.54) is 31.4 Å². The molecule has 5 N–H and O–H groups in total. The van der Waals surface area contributed by atoms with Gasteiger partial charge in [-0.25, -0.2) is 26.8 Å². The van der Waals surface area contributed by atoms with Gasteiger partial charge in [0.05, 0.1) is 23.4 Å². The first-order valence-corrected chi connectivity index (χ1v) is 11.1. The van der Waals surface area contributed by atoms with E-state index in [2.05, 4.69) is 15.4 Å². The molecule has 0 bridgehead atoms. The summed E-state index contributed by atoms with van der Waals surface area (Å²) in [5, 5.41) is 9.97. The highest BCUT2D eigenvalue weighted by Crippen LogP contribution is 2.22. The Morgan fingerprint density at radius 1 is 1.04 bits per heavy atom. The highest BCUT2D eigenvalue weighted by Gasteiger charge is 2.13. The van der Waals surface area contributed by atoms with Crippen molar-refractivity contribution < 1.29 is 26.4 Å². The molecule has 0 heterocycles. The Morgan fingerprint density at radius 3 is 2.29 bits per heavy atom. The molecule has 28 heavy (non-hydrogen) atoms. The number of carbonyl (C=O) groups excluding carboxylic acids is 1. The number of para-hydroxylation sites is 2. The topological polar surface area (TPSA) is 157 Å². The molecule has 2 aromatic carbocycles. The van der Waals surface area contributed by atoms with Crippen LogP contribution < -0.4 is 25.2 Å². The number of amides is 2. The molecule has 0 radical (unpaired) electrons. The molecule has 0 atom stereocenters. The minimum Gasteiger partial charge on any atom is -0.495 e. The molecule has 0 unspecified atom stereocenters. The fourth-order valence-corrected chi connectivity index (χ4v) is 3.64. The number of nitrogens with two attached hydrogens (primary N) is 1. The lowest BCUT2D eigenvalue weighted by atomic mass is 10.3. The minimum atomic E-state index is -3.86. The Kier molecular flexibility index (Phi) is 6.83. The first-order valence-electron chi connectivity index (χ1n) is 7.92. The van der Waals surface area contributed by atoms with Crippen LogP contribution in [0.4, 0.5) is 16.2 Å². The third-order valence-corrected chi connectivity index (χ3v) is 5.69. The second kappa shape index (κ2) is 8.91. The van der Waals surface area contributed by atoms with Crippen LogP contribution in [-0.2, 0) is 20.0 Å². The van der Waals surface area contributed by atoms with Gasteiger partial charge in [0.25, 0.3) is 0 Å². The van der Waals surface area contributed by atoms with E-state index in [4.69, 9.17) is 9.88 Å². The zero-order valence-electron chi connectivity index (χ0n) is 14.9. The van der Waals surface area contributed by atoms with Gasteiger partial charge < -0.3 is 15.4 Å². The zero-order valence-corrected chi connectivity index (χ0v) is 16.5. The lowest BCUT2D eigenvalue weighted by Crippen LogP contribution is -2.34. The summed E-state index contributed by atoms with van der Waals surface area (Å²) in [5.74, 6) is 0.0818. The van der Waals surface area contributed by atoms with E-state index in [9.17, 15) is 21.6 Å². The van der Waals surface area contributed by atoms with Crippen molar-refractivity contribution in [2.45, 2.75) is 4.90 Å². The van der Waals surface area contributed by atoms with Crippen molar-refractivity contribution >= 4 is 37.5 Å². The summed E-state index contributed by atoms with van der Waals surface area (Å²) >= 11 is 0. The first-order chi connectivity index (χ1) is 13.1. The number of rotatable bonds is 8. The van der Waals surface area contributed by atoms with Gasteiger partial charge in [-0.05, 0) is 36.4 Å². The average Bonchev–Trinajstić information content (AvgIpc) is 2.61. The number of sulfonamides is 2. The normalized spacial score (nSPS) is 11.5. The summed E-state index contributed by atoms with van der Waals surface area (Å²) in [6, 6.07) is 11.1. The van der Waals surface area contributed by atoms with Gasteiger partial charge in [-0.15, -0.1) is 0 Å². The Bertz CT molecular complexity index is 1040. The number of ether oxygens (including phenoxy) is 1. The van der Waals surface area contributed by atoms with Crippen LogP contribution in [0, 0.1) is 0 Å². The molecule has 2 aromatic rings. The van der Waals surface area contributed by atoms with E-state index >= 15 is 0 Å². The largest absolute Gasteiger partial charge is 0.495 e. The molecule has 12 heteroatoms. The van der Waals surface area contributed by atoms with Gasteiger partial charge in [0.15, 0.2) is 0 Å². The molecule has 2 amide bonds. The predicted octanol–water partition coefficient (Wildman–Crippen LogP) is 0.906. The maximum Gasteiger partial charge on any atom is 0.319 e. The van der Waals surface area contributed by atoms with Crippen molar-refractivity contribution in [1.29, 1.82) is 0 Å². The average molecular weight is 428 g/mol. The second-order valence-electron chi connectivity index (χ2n) is 5.57. The lowest BCUT2D eigenvalue weighted by molar-refractivity contribution is 0.252. The van der Waals surface area contributed by atoms with Crippen molar-refractivity contribution in [2.24, 2.45) is 5.14 Å². The lowest BCUT2D eigenvalue weighted by Gasteiger charge is -2.12. The Balaban J connectivity index is 1.87. The van der Waals surface area contributed by atoms with Crippen LogP contribution in [0.5, 0.6) is 5.75 Å². The number of primary sulfonamides is 1. The molecule has 0 saturated carbocycles. The molecule has 0 spiro atoms. The quantitative estimate of drug-likeness (QED) is 0.489. The Hall–Kier alpha value is -2.83. The molecule has 0 aromatic heterocycles. The summed E-state index contributed by atoms with van der Waals surface area (Å²) < 4.78 is 53.9. The van der Waals surface area contributed by atoms with E-state index in [0.29, 0.717) is 11.4 Å². The zero-order chi connectivity index (χ0) is 20.8. The Labute approximate surface area is 163 Å². The monoisotopic (exact) mass is 428 g/mol. The van der Waals surface area contributed by atoms with E-state index < -0.39 is 26.1 Å². The number of benzene rings is 2. The molecule has 2 rings (SSSR count). The fourth-order valence-electron chi connectivity index (χ4n) is 2.16. The van der Waals surface area contributed by atoms with Crippen LogP contribution in [0.15, 0.2) is 53.4 Å². The maximum atomic E-state index is 12.1. The smallest absolute Gasteiger partial charge is 0.319 e. The summed E-state index contributed by atoms with van der Waals surface area (Å²) in [7, 11) is -6.16. The number of anilines is 2. The predicted molar refractivity (Wildman–Crippen MR) is 105 cm³/mol. The number of hydrogen-bond acceptors (Lipinski definition) is 6. The van der Waals surface area contributed by atoms with Gasteiger partial charge in [0, 0.05) is 12.2 Å². The molecular formula is C16H20N4O6S2. The van der Waals surface area contributed by atoms with Gasteiger partial charge in [-0.3, -0.25) is 4.72 Å². The Morgan fingerprint density at radius 2 is 1.68 bits per heavy atom. The third kappa shape index (κ3) is 6.40. The highest BCUT2D eigenvalue weighted by atomic mass is 32.2. The fraction of sp³-hybridized carbons (Fsp3) is 0.188. The van der Waals surface area contributed by atoms with Crippen LogP contribution in [0.3, 0.4) is 0 Å². The molecule has 0 fully saturated rings. The minimum absolute atomic E-state index is 0.134. The second-order valence-corrected chi connectivity index (χ2v) is 8.97. The van der Waals surface area contributed by atoms with Crippen molar-refractivity contribution in [1.82, 2.24) is 5.32 Å². The van der Waals surface area contributed by atoms with Gasteiger partial charge >= 0.3 is 6.03 Å². The van der Waals surface area contributed by atoms with Gasteiger partial charge in [-0.1, -0.05) is 12.1 Å². The van der Waals surface area contributed by atoms with Crippen LogP contribution in [0.25, 0.3) is 0 Å². The number of hydrogen-bond donors (Lipinski definition) is 4. The van der Waals surface area contributed by atoms with E-state index in [1.54, 1.807) is 24.3 Å². The van der Waals surface area contributed by atoms with Gasteiger partial charge in [-0.2, -0.15) is 0 Å². The van der Waals surface area contributed by atoms with E-state index in [0.717, 1.165) is 0 Å². The molecule has 10 nitrogen and oxygen atoms in total. The van der Waals surface area contributed by atoms with Crippen molar-refractivity contribution in [2.75, 3.05) is 29.4 Å². The number of nitrogens with one attached hydrogen (secondary N) is 3. The van der Waals surface area contributed by atoms with Gasteiger partial charge in [0.2, 0.25) is 20.0 Å². The SMILES string of the molecule is COc1ccccc1NC(=O)NCCS(=O)(=O)Nc1ccc(S(N)(=O)=O)cc1. The summed E-state index contributed by atoms with van der Waals surface area (Å²) in [6.45, 7) is -0.147. The standard InChI is InChI=1S/C16H20N4O6S2/c1-26-15-5-3-2-4-14(15)19-16(21)18-10-11-27(22,23)20-12-6-8-13(9-7-12)28(17,24)25/h2-9,20H,10-11H2,1H3,(H2,17,24,25)(H2,18,19,21). The van der Waals surface area contributed by atoms with Crippen molar-refractivity contribution in [3.8, 4) is 5.75 Å². The maximum absolute atomic E-state index is 12.1.